The molecule has 0 bridgehead atoms. The molecule has 0 aliphatic rings. The van der Waals surface area contributed by atoms with Crippen LogP contribution in [0.4, 0.5) is 0 Å². The highest BCUT2D eigenvalue weighted by Gasteiger charge is 2.19. The number of furan rings is 1. The number of pyridine rings is 1. The lowest BCUT2D eigenvalue weighted by molar-refractivity contribution is 0.669. The fourth-order valence-corrected chi connectivity index (χ4v) is 6.27. The molecule has 0 spiro atoms. The molecule has 5 heteroatoms. The van der Waals surface area contributed by atoms with Gasteiger partial charge < -0.3 is 4.42 Å². The smallest absolute Gasteiger partial charge is 0.164 e. The highest BCUT2D eigenvalue weighted by Crippen LogP contribution is 2.39. The van der Waals surface area contributed by atoms with Gasteiger partial charge in [0.1, 0.15) is 11.2 Å². The standard InChI is InChI=1S/C40H24N4O/c1-3-11-25(12-4-1)28-20-21-31(30-17-8-7-16-29(28)30)39-42-38(26-13-5-2-6-14-26)43-40(44-39)32-18-9-19-35-37(32)33-24-34-27(15-10-22-41-34)23-36(33)45-35/h1-24H. The van der Waals surface area contributed by atoms with E-state index in [0.717, 1.165) is 60.3 Å². The summed E-state index contributed by atoms with van der Waals surface area (Å²) in [5.74, 6) is 1.82. The second-order valence-electron chi connectivity index (χ2n) is 11.1. The van der Waals surface area contributed by atoms with Gasteiger partial charge >= 0.3 is 0 Å². The first-order chi connectivity index (χ1) is 22.3. The van der Waals surface area contributed by atoms with Gasteiger partial charge in [0.15, 0.2) is 17.5 Å². The van der Waals surface area contributed by atoms with E-state index < -0.39 is 0 Å². The van der Waals surface area contributed by atoms with Crippen LogP contribution < -0.4 is 0 Å². The van der Waals surface area contributed by atoms with Crippen LogP contribution in [-0.2, 0) is 0 Å². The molecule has 0 aliphatic carbocycles. The molecule has 9 rings (SSSR count). The summed E-state index contributed by atoms with van der Waals surface area (Å²) in [7, 11) is 0. The van der Waals surface area contributed by atoms with Crippen molar-refractivity contribution in [3.8, 4) is 45.3 Å². The zero-order valence-corrected chi connectivity index (χ0v) is 24.1. The average Bonchev–Trinajstić information content (AvgIpc) is 3.48. The van der Waals surface area contributed by atoms with Gasteiger partial charge in [-0.15, -0.1) is 0 Å². The van der Waals surface area contributed by atoms with Crippen molar-refractivity contribution >= 4 is 43.6 Å². The van der Waals surface area contributed by atoms with Crippen LogP contribution >= 0.6 is 0 Å². The van der Waals surface area contributed by atoms with Crippen molar-refractivity contribution in [2.45, 2.75) is 0 Å². The minimum absolute atomic E-state index is 0.587. The molecule has 0 saturated carbocycles. The van der Waals surface area contributed by atoms with Crippen molar-refractivity contribution in [2.75, 3.05) is 0 Å². The lowest BCUT2D eigenvalue weighted by Gasteiger charge is -2.13. The lowest BCUT2D eigenvalue weighted by atomic mass is 9.94. The van der Waals surface area contributed by atoms with E-state index in [1.807, 2.05) is 66.9 Å². The van der Waals surface area contributed by atoms with E-state index in [1.165, 1.54) is 11.1 Å². The molecule has 45 heavy (non-hydrogen) atoms. The Balaban J connectivity index is 1.32. The summed E-state index contributed by atoms with van der Waals surface area (Å²) < 4.78 is 6.37. The molecule has 0 unspecified atom stereocenters. The highest BCUT2D eigenvalue weighted by molar-refractivity contribution is 6.14. The summed E-state index contributed by atoms with van der Waals surface area (Å²) in [5.41, 5.74) is 7.58. The zero-order valence-electron chi connectivity index (χ0n) is 24.1. The number of nitrogens with zero attached hydrogens (tertiary/aromatic N) is 4. The molecule has 0 saturated heterocycles. The molecule has 3 heterocycles. The highest BCUT2D eigenvalue weighted by atomic mass is 16.3. The first kappa shape index (κ1) is 25.3. The fourth-order valence-electron chi connectivity index (χ4n) is 6.27. The number of fused-ring (bicyclic) bond motifs is 5. The Hall–Kier alpha value is -6.20. The van der Waals surface area contributed by atoms with Crippen LogP contribution in [0.3, 0.4) is 0 Å². The van der Waals surface area contributed by atoms with Crippen LogP contribution in [0.5, 0.6) is 0 Å². The number of hydrogen-bond acceptors (Lipinski definition) is 5. The third-order valence-electron chi connectivity index (χ3n) is 8.38. The fraction of sp³-hybridized carbons (Fsp3) is 0. The van der Waals surface area contributed by atoms with Crippen LogP contribution in [0, 0.1) is 0 Å². The number of rotatable bonds is 4. The first-order valence-corrected chi connectivity index (χ1v) is 14.9. The Morgan fingerprint density at radius 1 is 0.422 bits per heavy atom. The zero-order chi connectivity index (χ0) is 29.7. The minimum atomic E-state index is 0.587. The van der Waals surface area contributed by atoms with Crippen molar-refractivity contribution in [3.63, 3.8) is 0 Å². The molecular weight excluding hydrogens is 552 g/mol. The maximum atomic E-state index is 6.37. The second-order valence-corrected chi connectivity index (χ2v) is 11.1. The number of hydrogen-bond donors (Lipinski definition) is 0. The van der Waals surface area contributed by atoms with Gasteiger partial charge in [0.05, 0.1) is 5.52 Å². The Kier molecular flexibility index (Phi) is 5.74. The molecule has 0 atom stereocenters. The lowest BCUT2D eigenvalue weighted by Crippen LogP contribution is -2.01. The molecule has 0 N–H and O–H groups in total. The van der Waals surface area contributed by atoms with E-state index in [9.17, 15) is 0 Å². The van der Waals surface area contributed by atoms with Crippen LogP contribution in [0.25, 0.3) is 88.9 Å². The van der Waals surface area contributed by atoms with E-state index in [-0.39, 0.29) is 0 Å². The third kappa shape index (κ3) is 4.25. The molecule has 0 fully saturated rings. The molecule has 0 amide bonds. The van der Waals surface area contributed by atoms with Crippen LogP contribution in [0.15, 0.2) is 150 Å². The summed E-state index contributed by atoms with van der Waals surface area (Å²) >= 11 is 0. The molecule has 6 aromatic carbocycles. The van der Waals surface area contributed by atoms with Crippen molar-refractivity contribution in [3.05, 3.63) is 146 Å². The van der Waals surface area contributed by atoms with Crippen LogP contribution in [0.1, 0.15) is 0 Å². The van der Waals surface area contributed by atoms with Crippen molar-refractivity contribution < 1.29 is 4.42 Å². The van der Waals surface area contributed by atoms with E-state index in [1.54, 1.807) is 0 Å². The van der Waals surface area contributed by atoms with Crippen molar-refractivity contribution in [1.29, 1.82) is 0 Å². The van der Waals surface area contributed by atoms with Gasteiger partial charge in [-0.05, 0) is 52.2 Å². The maximum Gasteiger partial charge on any atom is 0.164 e. The second kappa shape index (κ2) is 10.2. The first-order valence-electron chi connectivity index (χ1n) is 14.9. The topological polar surface area (TPSA) is 64.7 Å². The quantitative estimate of drug-likeness (QED) is 0.209. The third-order valence-corrected chi connectivity index (χ3v) is 8.38. The Bertz CT molecular complexity index is 2540. The SMILES string of the molecule is c1ccc(-c2nc(-c3ccc(-c4ccccc4)c4ccccc34)nc(-c3cccc4oc5cc6cccnc6cc5c34)n2)cc1. The summed E-state index contributed by atoms with van der Waals surface area (Å²) in [6, 6.07) is 47.5. The van der Waals surface area contributed by atoms with Gasteiger partial charge in [-0.1, -0.05) is 109 Å². The Labute approximate surface area is 258 Å². The summed E-state index contributed by atoms with van der Waals surface area (Å²) in [4.78, 5) is 19.9. The molecule has 3 aromatic heterocycles. The largest absolute Gasteiger partial charge is 0.456 e. The molecule has 9 aromatic rings. The van der Waals surface area contributed by atoms with E-state index in [0.29, 0.717) is 17.5 Å². The average molecular weight is 577 g/mol. The minimum Gasteiger partial charge on any atom is -0.456 e. The number of aromatic nitrogens is 4. The van der Waals surface area contributed by atoms with Crippen LogP contribution in [0.2, 0.25) is 0 Å². The maximum absolute atomic E-state index is 6.37. The molecule has 0 radical (unpaired) electrons. The molecule has 0 aliphatic heterocycles. The van der Waals surface area contributed by atoms with Crippen LogP contribution in [-0.4, -0.2) is 19.9 Å². The van der Waals surface area contributed by atoms with Gasteiger partial charge in [0, 0.05) is 39.0 Å². The predicted molar refractivity (Wildman–Crippen MR) is 182 cm³/mol. The Morgan fingerprint density at radius 2 is 1.09 bits per heavy atom. The van der Waals surface area contributed by atoms with Gasteiger partial charge in [-0.25, -0.2) is 15.0 Å². The van der Waals surface area contributed by atoms with Gasteiger partial charge in [0.25, 0.3) is 0 Å². The predicted octanol–water partition coefficient (Wildman–Crippen LogP) is 10.1. The van der Waals surface area contributed by atoms with Crippen molar-refractivity contribution in [2.24, 2.45) is 0 Å². The molecular formula is C40H24N4O. The molecule has 5 nitrogen and oxygen atoms in total. The van der Waals surface area contributed by atoms with Gasteiger partial charge in [-0.2, -0.15) is 0 Å². The van der Waals surface area contributed by atoms with E-state index >= 15 is 0 Å². The van der Waals surface area contributed by atoms with Crippen molar-refractivity contribution in [1.82, 2.24) is 19.9 Å². The monoisotopic (exact) mass is 576 g/mol. The van der Waals surface area contributed by atoms with E-state index in [4.69, 9.17) is 19.4 Å². The van der Waals surface area contributed by atoms with Gasteiger partial charge in [-0.3, -0.25) is 4.98 Å². The summed E-state index contributed by atoms with van der Waals surface area (Å²) in [5, 5.41) is 5.20. The number of benzene rings is 6. The normalized spacial score (nSPS) is 11.6. The molecule has 210 valence electrons. The van der Waals surface area contributed by atoms with Gasteiger partial charge in [0.2, 0.25) is 0 Å². The summed E-state index contributed by atoms with van der Waals surface area (Å²) in [6.45, 7) is 0. The summed E-state index contributed by atoms with van der Waals surface area (Å²) in [6.07, 6.45) is 1.81. The Morgan fingerprint density at radius 3 is 1.89 bits per heavy atom. The van der Waals surface area contributed by atoms with E-state index in [2.05, 4.69) is 83.8 Å².